The molecule has 19 heavy (non-hydrogen) atoms. The van der Waals surface area contributed by atoms with E-state index in [1.165, 1.54) is 0 Å². The fraction of sp³-hybridized carbons (Fsp3) is 0.357. The summed E-state index contributed by atoms with van der Waals surface area (Å²) in [4.78, 5) is 2.02. The molecule has 2 aromatic rings. The van der Waals surface area contributed by atoms with Gasteiger partial charge in [-0.25, -0.2) is 4.68 Å². The Labute approximate surface area is 112 Å². The van der Waals surface area contributed by atoms with Crippen LogP contribution in [0.3, 0.4) is 0 Å². The maximum absolute atomic E-state index is 8.98. The van der Waals surface area contributed by atoms with Crippen LogP contribution in [-0.4, -0.2) is 51.2 Å². The lowest BCUT2D eigenvalue weighted by Gasteiger charge is -2.20. The molecule has 2 N–H and O–H groups in total. The predicted octanol–water partition coefficient (Wildman–Crippen LogP) is 0.659. The molecular formula is C14H19N3O2. The average molecular weight is 261 g/mol. The number of nitrogens with zero attached hydrogens (tertiary/aromatic N) is 3. The first-order chi connectivity index (χ1) is 9.33. The van der Waals surface area contributed by atoms with Crippen LogP contribution < -0.4 is 0 Å². The SMILES string of the molecule is OCCN(CCO)Cc1ccc(-n2cccn2)cc1. The summed E-state index contributed by atoms with van der Waals surface area (Å²) in [6, 6.07) is 9.99. The van der Waals surface area contributed by atoms with Crippen LogP contribution in [-0.2, 0) is 6.54 Å². The van der Waals surface area contributed by atoms with Gasteiger partial charge in [0.2, 0.25) is 0 Å². The smallest absolute Gasteiger partial charge is 0.0645 e. The summed E-state index contributed by atoms with van der Waals surface area (Å²) in [5.41, 5.74) is 2.17. The van der Waals surface area contributed by atoms with E-state index in [-0.39, 0.29) is 13.2 Å². The molecule has 0 aliphatic heterocycles. The molecule has 0 saturated heterocycles. The summed E-state index contributed by atoms with van der Waals surface area (Å²) in [6.45, 7) is 2.07. The van der Waals surface area contributed by atoms with E-state index in [0.717, 1.165) is 17.8 Å². The van der Waals surface area contributed by atoms with E-state index >= 15 is 0 Å². The number of hydrogen-bond donors (Lipinski definition) is 2. The molecule has 1 heterocycles. The van der Waals surface area contributed by atoms with Crippen molar-refractivity contribution >= 4 is 0 Å². The van der Waals surface area contributed by atoms with Crippen LogP contribution >= 0.6 is 0 Å². The topological polar surface area (TPSA) is 61.5 Å². The van der Waals surface area contributed by atoms with Crippen molar-refractivity contribution in [1.29, 1.82) is 0 Å². The minimum absolute atomic E-state index is 0.103. The number of hydrogen-bond acceptors (Lipinski definition) is 4. The zero-order valence-corrected chi connectivity index (χ0v) is 10.8. The minimum Gasteiger partial charge on any atom is -0.395 e. The highest BCUT2D eigenvalue weighted by molar-refractivity contribution is 5.33. The maximum Gasteiger partial charge on any atom is 0.0645 e. The van der Waals surface area contributed by atoms with Crippen LogP contribution in [0.2, 0.25) is 0 Å². The Morgan fingerprint density at radius 2 is 1.74 bits per heavy atom. The molecule has 0 saturated carbocycles. The Hall–Kier alpha value is -1.69. The van der Waals surface area contributed by atoms with Crippen LogP contribution in [0.15, 0.2) is 42.7 Å². The van der Waals surface area contributed by atoms with E-state index in [1.807, 2.05) is 46.1 Å². The fourth-order valence-corrected chi connectivity index (χ4v) is 1.99. The highest BCUT2D eigenvalue weighted by atomic mass is 16.3. The quantitative estimate of drug-likeness (QED) is 0.768. The third-order valence-corrected chi connectivity index (χ3v) is 2.94. The van der Waals surface area contributed by atoms with Gasteiger partial charge < -0.3 is 10.2 Å². The lowest BCUT2D eigenvalue weighted by molar-refractivity contribution is 0.156. The van der Waals surface area contributed by atoms with E-state index in [0.29, 0.717) is 13.1 Å². The number of benzene rings is 1. The van der Waals surface area contributed by atoms with Gasteiger partial charge >= 0.3 is 0 Å². The Morgan fingerprint density at radius 1 is 1.05 bits per heavy atom. The summed E-state index contributed by atoms with van der Waals surface area (Å²) >= 11 is 0. The molecule has 0 fully saturated rings. The van der Waals surface area contributed by atoms with Gasteiger partial charge in [0.15, 0.2) is 0 Å². The number of rotatable bonds is 7. The molecule has 1 aromatic heterocycles. The Bertz CT molecular complexity index is 462. The second kappa shape index (κ2) is 7.04. The highest BCUT2D eigenvalue weighted by Crippen LogP contribution is 2.10. The minimum atomic E-state index is 0.103. The van der Waals surface area contributed by atoms with Crippen molar-refractivity contribution in [1.82, 2.24) is 14.7 Å². The number of aliphatic hydroxyl groups is 2. The molecule has 0 aliphatic rings. The van der Waals surface area contributed by atoms with Gasteiger partial charge in [0.1, 0.15) is 0 Å². The molecule has 0 radical (unpaired) electrons. The summed E-state index contributed by atoms with van der Waals surface area (Å²) < 4.78 is 1.81. The second-order valence-corrected chi connectivity index (χ2v) is 4.34. The third kappa shape index (κ3) is 3.89. The van der Waals surface area contributed by atoms with Gasteiger partial charge in [-0.1, -0.05) is 12.1 Å². The van der Waals surface area contributed by atoms with Crippen LogP contribution in [0, 0.1) is 0 Å². The van der Waals surface area contributed by atoms with Gasteiger partial charge in [0.25, 0.3) is 0 Å². The summed E-state index contributed by atoms with van der Waals surface area (Å²) in [5.74, 6) is 0. The monoisotopic (exact) mass is 261 g/mol. The van der Waals surface area contributed by atoms with Gasteiger partial charge in [-0.05, 0) is 23.8 Å². The molecule has 1 aromatic carbocycles. The van der Waals surface area contributed by atoms with Crippen LogP contribution in [0.1, 0.15) is 5.56 Å². The zero-order chi connectivity index (χ0) is 13.5. The molecular weight excluding hydrogens is 242 g/mol. The molecule has 0 unspecified atom stereocenters. The predicted molar refractivity (Wildman–Crippen MR) is 73.0 cm³/mol. The molecule has 5 heteroatoms. The summed E-state index contributed by atoms with van der Waals surface area (Å²) in [6.07, 6.45) is 3.65. The molecule has 0 amide bonds. The molecule has 102 valence electrons. The van der Waals surface area contributed by atoms with Crippen molar-refractivity contribution < 1.29 is 10.2 Å². The van der Waals surface area contributed by atoms with Crippen LogP contribution in [0.25, 0.3) is 5.69 Å². The molecule has 5 nitrogen and oxygen atoms in total. The number of aromatic nitrogens is 2. The van der Waals surface area contributed by atoms with Crippen molar-refractivity contribution in [2.24, 2.45) is 0 Å². The molecule has 0 aliphatic carbocycles. The second-order valence-electron chi connectivity index (χ2n) is 4.34. The average Bonchev–Trinajstić information content (AvgIpc) is 2.94. The van der Waals surface area contributed by atoms with Crippen molar-refractivity contribution in [3.05, 3.63) is 48.3 Å². The van der Waals surface area contributed by atoms with E-state index in [1.54, 1.807) is 6.20 Å². The maximum atomic E-state index is 8.98. The largest absolute Gasteiger partial charge is 0.395 e. The first kappa shape index (κ1) is 13.7. The Kier molecular flexibility index (Phi) is 5.09. The highest BCUT2D eigenvalue weighted by Gasteiger charge is 2.05. The van der Waals surface area contributed by atoms with Gasteiger partial charge in [0.05, 0.1) is 18.9 Å². The van der Waals surface area contributed by atoms with Crippen molar-refractivity contribution in [2.45, 2.75) is 6.54 Å². The van der Waals surface area contributed by atoms with Crippen molar-refractivity contribution in [3.8, 4) is 5.69 Å². The van der Waals surface area contributed by atoms with Crippen LogP contribution in [0.5, 0.6) is 0 Å². The van der Waals surface area contributed by atoms with Gasteiger partial charge in [-0.3, -0.25) is 4.90 Å². The molecule has 0 spiro atoms. The zero-order valence-electron chi connectivity index (χ0n) is 10.8. The van der Waals surface area contributed by atoms with E-state index < -0.39 is 0 Å². The Balaban J connectivity index is 2.01. The normalized spacial score (nSPS) is 11.1. The van der Waals surface area contributed by atoms with E-state index in [2.05, 4.69) is 5.10 Å². The first-order valence-electron chi connectivity index (χ1n) is 6.36. The van der Waals surface area contributed by atoms with E-state index in [9.17, 15) is 0 Å². The van der Waals surface area contributed by atoms with Crippen molar-refractivity contribution in [2.75, 3.05) is 26.3 Å². The Morgan fingerprint density at radius 3 is 2.26 bits per heavy atom. The number of aliphatic hydroxyl groups excluding tert-OH is 2. The first-order valence-corrected chi connectivity index (χ1v) is 6.36. The lowest BCUT2D eigenvalue weighted by Crippen LogP contribution is -2.29. The lowest BCUT2D eigenvalue weighted by atomic mass is 10.2. The van der Waals surface area contributed by atoms with Gasteiger partial charge in [-0.15, -0.1) is 0 Å². The summed E-state index contributed by atoms with van der Waals surface area (Å²) in [5, 5.41) is 22.1. The molecule has 2 rings (SSSR count). The van der Waals surface area contributed by atoms with Crippen LogP contribution in [0.4, 0.5) is 0 Å². The summed E-state index contributed by atoms with van der Waals surface area (Å²) in [7, 11) is 0. The van der Waals surface area contributed by atoms with Crippen molar-refractivity contribution in [3.63, 3.8) is 0 Å². The standard InChI is InChI=1S/C14H19N3O2/c18-10-8-16(9-11-19)12-13-2-4-14(5-3-13)17-7-1-6-15-17/h1-7,18-19H,8-12H2. The van der Waals surface area contributed by atoms with Gasteiger partial charge in [0, 0.05) is 32.0 Å². The molecule has 0 atom stereocenters. The third-order valence-electron chi connectivity index (χ3n) is 2.94. The molecule has 0 bridgehead atoms. The van der Waals surface area contributed by atoms with Gasteiger partial charge in [-0.2, -0.15) is 5.10 Å². The fourth-order valence-electron chi connectivity index (χ4n) is 1.99. The van der Waals surface area contributed by atoms with E-state index in [4.69, 9.17) is 10.2 Å².